The predicted octanol–water partition coefficient (Wildman–Crippen LogP) is 3.86. The highest BCUT2D eigenvalue weighted by molar-refractivity contribution is 14.0. The van der Waals surface area contributed by atoms with Crippen molar-refractivity contribution in [3.8, 4) is 0 Å². The number of nitrogens with zero attached hydrogens (tertiary/aromatic N) is 3. The summed E-state index contributed by atoms with van der Waals surface area (Å²) in [5.74, 6) is 1.05. The zero-order chi connectivity index (χ0) is 19.1. The number of nitrogens with one attached hydrogen (secondary N) is 1. The van der Waals surface area contributed by atoms with Gasteiger partial charge in [0.05, 0.1) is 0 Å². The van der Waals surface area contributed by atoms with Gasteiger partial charge in [0.2, 0.25) is 0 Å². The van der Waals surface area contributed by atoms with Crippen LogP contribution in [0.2, 0.25) is 5.02 Å². The van der Waals surface area contributed by atoms with Crippen molar-refractivity contribution in [1.29, 1.82) is 0 Å². The maximum atomic E-state index is 5.98. The van der Waals surface area contributed by atoms with E-state index in [1.807, 2.05) is 19.2 Å². The Morgan fingerprint density at radius 2 is 1.86 bits per heavy atom. The minimum atomic E-state index is 0. The maximum Gasteiger partial charge on any atom is 0.193 e. The van der Waals surface area contributed by atoms with Gasteiger partial charge in [-0.1, -0.05) is 23.7 Å². The molecule has 1 saturated heterocycles. The molecule has 0 radical (unpaired) electrons. The van der Waals surface area contributed by atoms with Crippen molar-refractivity contribution in [2.45, 2.75) is 32.7 Å². The molecule has 0 spiro atoms. The van der Waals surface area contributed by atoms with Crippen molar-refractivity contribution in [2.75, 3.05) is 53.0 Å². The Bertz CT molecular complexity index is 613. The molecule has 1 saturated carbocycles. The summed E-state index contributed by atoms with van der Waals surface area (Å²) in [6.07, 6.45) is 3.76. The second-order valence-electron chi connectivity index (χ2n) is 7.74. The van der Waals surface area contributed by atoms with Crippen LogP contribution in [0, 0.1) is 5.41 Å². The first kappa shape index (κ1) is 23.7. The SMILES string of the molecule is CCOCCC1(CNC(=NC)N2CCN(Cc3ccc(Cl)cc3)CC2)CC1.I. The molecule has 0 atom stereocenters. The number of hydrogen-bond acceptors (Lipinski definition) is 3. The molecule has 1 aromatic rings. The third-order valence-corrected chi connectivity index (χ3v) is 6.01. The Kier molecular flexibility index (Phi) is 9.80. The van der Waals surface area contributed by atoms with E-state index >= 15 is 0 Å². The van der Waals surface area contributed by atoms with E-state index in [4.69, 9.17) is 16.3 Å². The summed E-state index contributed by atoms with van der Waals surface area (Å²) in [5, 5.41) is 4.43. The Morgan fingerprint density at radius 3 is 2.43 bits per heavy atom. The van der Waals surface area contributed by atoms with Crippen LogP contribution in [0.3, 0.4) is 0 Å². The van der Waals surface area contributed by atoms with E-state index in [1.165, 1.54) is 18.4 Å². The van der Waals surface area contributed by atoms with Crippen LogP contribution >= 0.6 is 35.6 Å². The van der Waals surface area contributed by atoms with Gasteiger partial charge in [0, 0.05) is 64.6 Å². The molecule has 1 aliphatic carbocycles. The van der Waals surface area contributed by atoms with E-state index in [-0.39, 0.29) is 24.0 Å². The van der Waals surface area contributed by atoms with Crippen molar-refractivity contribution in [3.05, 3.63) is 34.9 Å². The average Bonchev–Trinajstić information content (AvgIpc) is 3.45. The van der Waals surface area contributed by atoms with Gasteiger partial charge in [0.25, 0.3) is 0 Å². The highest BCUT2D eigenvalue weighted by atomic mass is 127. The molecule has 0 amide bonds. The van der Waals surface area contributed by atoms with Gasteiger partial charge in [-0.05, 0) is 49.3 Å². The Labute approximate surface area is 191 Å². The van der Waals surface area contributed by atoms with Gasteiger partial charge in [0.1, 0.15) is 0 Å². The lowest BCUT2D eigenvalue weighted by atomic mass is 10.0. The van der Waals surface area contributed by atoms with Crippen LogP contribution in [0.15, 0.2) is 29.3 Å². The molecule has 0 unspecified atom stereocenters. The third-order valence-electron chi connectivity index (χ3n) is 5.76. The summed E-state index contributed by atoms with van der Waals surface area (Å²) >= 11 is 5.98. The smallest absolute Gasteiger partial charge is 0.193 e. The summed E-state index contributed by atoms with van der Waals surface area (Å²) in [5.41, 5.74) is 1.75. The maximum absolute atomic E-state index is 5.98. The number of rotatable bonds is 8. The Balaban J connectivity index is 0.00000280. The van der Waals surface area contributed by atoms with Crippen LogP contribution in [-0.4, -0.2) is 68.7 Å². The number of hydrogen-bond donors (Lipinski definition) is 1. The van der Waals surface area contributed by atoms with Crippen molar-refractivity contribution in [1.82, 2.24) is 15.1 Å². The van der Waals surface area contributed by atoms with E-state index in [9.17, 15) is 0 Å². The molecule has 0 aromatic heterocycles. The number of ether oxygens (including phenoxy) is 1. The van der Waals surface area contributed by atoms with Crippen LogP contribution < -0.4 is 5.32 Å². The lowest BCUT2D eigenvalue weighted by Crippen LogP contribution is -2.52. The van der Waals surface area contributed by atoms with Crippen LogP contribution in [-0.2, 0) is 11.3 Å². The second-order valence-corrected chi connectivity index (χ2v) is 8.17. The topological polar surface area (TPSA) is 40.1 Å². The minimum Gasteiger partial charge on any atom is -0.382 e. The van der Waals surface area contributed by atoms with Crippen molar-refractivity contribution in [2.24, 2.45) is 10.4 Å². The van der Waals surface area contributed by atoms with Crippen LogP contribution in [0.4, 0.5) is 0 Å². The second kappa shape index (κ2) is 11.6. The van der Waals surface area contributed by atoms with E-state index in [1.54, 1.807) is 0 Å². The minimum absolute atomic E-state index is 0. The van der Waals surface area contributed by atoms with Gasteiger partial charge in [-0.15, -0.1) is 24.0 Å². The highest BCUT2D eigenvalue weighted by Gasteiger charge is 2.42. The molecule has 0 bridgehead atoms. The first-order chi connectivity index (χ1) is 13.1. The fourth-order valence-electron chi connectivity index (χ4n) is 3.69. The molecule has 3 rings (SSSR count). The first-order valence-electron chi connectivity index (χ1n) is 10.1. The average molecular weight is 521 g/mol. The predicted molar refractivity (Wildman–Crippen MR) is 128 cm³/mol. The van der Waals surface area contributed by atoms with Crippen LogP contribution in [0.5, 0.6) is 0 Å². The molecule has 1 heterocycles. The van der Waals surface area contributed by atoms with Gasteiger partial charge >= 0.3 is 0 Å². The zero-order valence-electron chi connectivity index (χ0n) is 17.1. The van der Waals surface area contributed by atoms with Gasteiger partial charge in [-0.3, -0.25) is 9.89 Å². The molecule has 1 aromatic carbocycles. The van der Waals surface area contributed by atoms with Crippen molar-refractivity contribution >= 4 is 41.5 Å². The third kappa shape index (κ3) is 7.04. The largest absolute Gasteiger partial charge is 0.382 e. The lowest BCUT2D eigenvalue weighted by molar-refractivity contribution is 0.128. The monoisotopic (exact) mass is 520 g/mol. The lowest BCUT2D eigenvalue weighted by Gasteiger charge is -2.37. The van der Waals surface area contributed by atoms with E-state index in [2.05, 4.69) is 39.2 Å². The number of halogens is 2. The molecule has 2 fully saturated rings. The van der Waals surface area contributed by atoms with E-state index < -0.39 is 0 Å². The standard InChI is InChI=1S/C21H33ClN4O.HI/c1-3-27-15-10-21(8-9-21)17-24-20(23-2)26-13-11-25(12-14-26)16-18-4-6-19(22)7-5-18;/h4-7H,3,8-17H2,1-2H3,(H,23,24);1H. The molecular weight excluding hydrogens is 487 g/mol. The van der Waals surface area contributed by atoms with Gasteiger partial charge < -0.3 is 15.0 Å². The van der Waals surface area contributed by atoms with Crippen LogP contribution in [0.25, 0.3) is 0 Å². The molecule has 2 aliphatic rings. The fraction of sp³-hybridized carbons (Fsp3) is 0.667. The normalized spacial score (nSPS) is 19.2. The molecule has 5 nitrogen and oxygen atoms in total. The molecular formula is C21H34ClIN4O. The highest BCUT2D eigenvalue weighted by Crippen LogP contribution is 2.48. The molecule has 1 N–H and O–H groups in total. The molecule has 158 valence electrons. The number of aliphatic imine (C=N–C) groups is 1. The summed E-state index contributed by atoms with van der Waals surface area (Å²) in [6, 6.07) is 8.18. The number of piperazine rings is 1. The number of guanidine groups is 1. The number of benzene rings is 1. The van der Waals surface area contributed by atoms with Gasteiger partial charge in [0.15, 0.2) is 5.96 Å². The Morgan fingerprint density at radius 1 is 1.18 bits per heavy atom. The van der Waals surface area contributed by atoms with Gasteiger partial charge in [-0.25, -0.2) is 0 Å². The van der Waals surface area contributed by atoms with Crippen LogP contribution in [0.1, 0.15) is 31.7 Å². The van der Waals surface area contributed by atoms with E-state index in [0.717, 1.165) is 69.9 Å². The van der Waals surface area contributed by atoms with Gasteiger partial charge in [-0.2, -0.15) is 0 Å². The summed E-state index contributed by atoms with van der Waals surface area (Å²) < 4.78 is 5.54. The fourth-order valence-corrected chi connectivity index (χ4v) is 3.82. The molecule has 28 heavy (non-hydrogen) atoms. The van der Waals surface area contributed by atoms with Crippen molar-refractivity contribution in [3.63, 3.8) is 0 Å². The van der Waals surface area contributed by atoms with E-state index in [0.29, 0.717) is 5.41 Å². The molecule has 1 aliphatic heterocycles. The summed E-state index contributed by atoms with van der Waals surface area (Å²) in [7, 11) is 1.89. The molecule has 7 heteroatoms. The summed E-state index contributed by atoms with van der Waals surface area (Å²) in [6.45, 7) is 9.88. The Hall–Kier alpha value is -0.570. The van der Waals surface area contributed by atoms with Crippen molar-refractivity contribution < 1.29 is 4.74 Å². The first-order valence-corrected chi connectivity index (χ1v) is 10.5. The quantitative estimate of drug-likeness (QED) is 0.245. The zero-order valence-corrected chi connectivity index (χ0v) is 20.2. The summed E-state index contributed by atoms with van der Waals surface area (Å²) in [4.78, 5) is 9.41.